The van der Waals surface area contributed by atoms with Crippen LogP contribution in [-0.2, 0) is 21.5 Å². The van der Waals surface area contributed by atoms with Gasteiger partial charge in [-0.3, -0.25) is 0 Å². The Kier molecular flexibility index (Phi) is 5.31. The van der Waals surface area contributed by atoms with Gasteiger partial charge < -0.3 is 14.8 Å². The predicted octanol–water partition coefficient (Wildman–Crippen LogP) is 2.51. The van der Waals surface area contributed by atoms with Gasteiger partial charge in [-0.25, -0.2) is 9.97 Å². The van der Waals surface area contributed by atoms with E-state index < -0.39 is 0 Å². The molecule has 0 unspecified atom stereocenters. The first-order valence-corrected chi connectivity index (χ1v) is 7.58. The number of rotatable bonds is 6. The minimum Gasteiger partial charge on any atom is -0.381 e. The van der Waals surface area contributed by atoms with Gasteiger partial charge in [-0.2, -0.15) is 0 Å². The number of hydrogen-bond acceptors (Lipinski definition) is 5. The summed E-state index contributed by atoms with van der Waals surface area (Å²) in [7, 11) is 0. The predicted molar refractivity (Wildman–Crippen MR) is 78.9 cm³/mol. The van der Waals surface area contributed by atoms with Gasteiger partial charge in [0.1, 0.15) is 11.4 Å². The lowest BCUT2D eigenvalue weighted by Gasteiger charge is -2.35. The molecule has 5 heteroatoms. The molecule has 0 bridgehead atoms. The van der Waals surface area contributed by atoms with Crippen LogP contribution in [0.25, 0.3) is 0 Å². The normalized spacial score (nSPS) is 17.9. The van der Waals surface area contributed by atoms with Gasteiger partial charge in [0, 0.05) is 51.0 Å². The lowest BCUT2D eigenvalue weighted by molar-refractivity contribution is -0.117. The van der Waals surface area contributed by atoms with Crippen molar-refractivity contribution in [2.75, 3.05) is 31.7 Å². The van der Waals surface area contributed by atoms with E-state index in [-0.39, 0.29) is 5.60 Å². The van der Waals surface area contributed by atoms with Crippen LogP contribution in [0.3, 0.4) is 0 Å². The first kappa shape index (κ1) is 15.2. The molecule has 20 heavy (non-hydrogen) atoms. The Labute approximate surface area is 121 Å². The summed E-state index contributed by atoms with van der Waals surface area (Å²) in [5.74, 6) is 1.69. The second-order valence-electron chi connectivity index (χ2n) is 4.99. The summed E-state index contributed by atoms with van der Waals surface area (Å²) in [6.07, 6.45) is 2.53. The molecule has 1 aliphatic heterocycles. The first-order valence-electron chi connectivity index (χ1n) is 7.58. The van der Waals surface area contributed by atoms with Crippen molar-refractivity contribution in [3.63, 3.8) is 0 Å². The fourth-order valence-corrected chi connectivity index (χ4v) is 2.56. The highest BCUT2D eigenvalue weighted by atomic mass is 16.5. The largest absolute Gasteiger partial charge is 0.381 e. The van der Waals surface area contributed by atoms with Crippen molar-refractivity contribution in [3.05, 3.63) is 17.6 Å². The molecule has 1 fully saturated rings. The van der Waals surface area contributed by atoms with Crippen LogP contribution in [-0.4, -0.2) is 36.3 Å². The van der Waals surface area contributed by atoms with Crippen LogP contribution in [0.5, 0.6) is 0 Å². The average molecular weight is 279 g/mol. The summed E-state index contributed by atoms with van der Waals surface area (Å²) >= 11 is 0. The maximum absolute atomic E-state index is 6.06. The van der Waals surface area contributed by atoms with Gasteiger partial charge in [-0.15, -0.1) is 0 Å². The summed E-state index contributed by atoms with van der Waals surface area (Å²) in [5, 5.41) is 3.28. The summed E-state index contributed by atoms with van der Waals surface area (Å²) in [6, 6.07) is 2.02. The van der Waals surface area contributed by atoms with Crippen LogP contribution in [0.2, 0.25) is 0 Å². The molecule has 0 saturated carbocycles. The molecule has 5 nitrogen and oxygen atoms in total. The molecule has 0 spiro atoms. The molecule has 2 rings (SSSR count). The smallest absolute Gasteiger partial charge is 0.163 e. The Morgan fingerprint density at radius 1 is 1.25 bits per heavy atom. The molecule has 1 aromatic heterocycles. The molecular weight excluding hydrogens is 254 g/mol. The number of nitrogens with one attached hydrogen (secondary N) is 1. The molecule has 0 atom stereocenters. The van der Waals surface area contributed by atoms with Gasteiger partial charge in [0.15, 0.2) is 5.82 Å². The quantitative estimate of drug-likeness (QED) is 0.867. The van der Waals surface area contributed by atoms with Crippen molar-refractivity contribution in [2.24, 2.45) is 0 Å². The van der Waals surface area contributed by atoms with Crippen LogP contribution in [0.4, 0.5) is 5.82 Å². The number of hydrogen-bond donors (Lipinski definition) is 1. The molecule has 1 saturated heterocycles. The summed E-state index contributed by atoms with van der Waals surface area (Å²) < 4.78 is 11.5. The third-order valence-corrected chi connectivity index (χ3v) is 3.63. The fraction of sp³-hybridized carbons (Fsp3) is 0.733. The van der Waals surface area contributed by atoms with E-state index in [0.29, 0.717) is 19.8 Å². The van der Waals surface area contributed by atoms with Crippen molar-refractivity contribution >= 4 is 5.82 Å². The molecule has 0 aromatic carbocycles. The highest BCUT2D eigenvalue weighted by Crippen LogP contribution is 2.34. The zero-order valence-electron chi connectivity index (χ0n) is 12.7. The van der Waals surface area contributed by atoms with E-state index in [4.69, 9.17) is 14.5 Å². The first-order chi connectivity index (χ1) is 9.74. The minimum absolute atomic E-state index is 0.387. The van der Waals surface area contributed by atoms with Gasteiger partial charge in [0.25, 0.3) is 0 Å². The maximum atomic E-state index is 6.06. The monoisotopic (exact) mass is 279 g/mol. The average Bonchev–Trinajstić information content (AvgIpc) is 2.48. The number of ether oxygens (including phenoxy) is 2. The zero-order valence-corrected chi connectivity index (χ0v) is 12.7. The van der Waals surface area contributed by atoms with E-state index in [1.807, 2.05) is 13.0 Å². The number of aromatic nitrogens is 2. The lowest BCUT2D eigenvalue weighted by atomic mass is 9.92. The molecule has 112 valence electrons. The van der Waals surface area contributed by atoms with Crippen LogP contribution in [0, 0.1) is 0 Å². The highest BCUT2D eigenvalue weighted by molar-refractivity contribution is 5.37. The lowest BCUT2D eigenvalue weighted by Crippen LogP contribution is -2.38. The number of aryl methyl sites for hydroxylation is 1. The van der Waals surface area contributed by atoms with Gasteiger partial charge in [0.05, 0.1) is 0 Å². The number of anilines is 1. The van der Waals surface area contributed by atoms with E-state index in [0.717, 1.165) is 43.1 Å². The van der Waals surface area contributed by atoms with Crippen LogP contribution < -0.4 is 5.32 Å². The van der Waals surface area contributed by atoms with E-state index >= 15 is 0 Å². The Balaban J connectivity index is 2.38. The van der Waals surface area contributed by atoms with E-state index in [1.54, 1.807) is 0 Å². The molecule has 1 aliphatic rings. The highest BCUT2D eigenvalue weighted by Gasteiger charge is 2.38. The Morgan fingerprint density at radius 2 is 2.00 bits per heavy atom. The van der Waals surface area contributed by atoms with Crippen molar-refractivity contribution in [1.82, 2.24) is 9.97 Å². The third kappa shape index (κ3) is 3.27. The summed E-state index contributed by atoms with van der Waals surface area (Å²) in [5.41, 5.74) is 0.666. The molecule has 1 aromatic rings. The van der Waals surface area contributed by atoms with Gasteiger partial charge in [-0.05, 0) is 20.3 Å². The Bertz CT molecular complexity index is 426. The number of nitrogens with zero attached hydrogens (tertiary/aromatic N) is 2. The molecule has 0 radical (unpaired) electrons. The Morgan fingerprint density at radius 3 is 2.60 bits per heavy atom. The molecular formula is C15H25N3O2. The minimum atomic E-state index is -0.387. The molecule has 0 amide bonds. The maximum Gasteiger partial charge on any atom is 0.163 e. The SMILES string of the molecule is CCNc1cc(CC)nc(C2(OCC)CCOCC2)n1. The van der Waals surface area contributed by atoms with Gasteiger partial charge >= 0.3 is 0 Å². The van der Waals surface area contributed by atoms with Gasteiger partial charge in [0.2, 0.25) is 0 Å². The van der Waals surface area contributed by atoms with E-state index in [1.165, 1.54) is 0 Å². The molecule has 1 N–H and O–H groups in total. The third-order valence-electron chi connectivity index (χ3n) is 3.63. The van der Waals surface area contributed by atoms with E-state index in [9.17, 15) is 0 Å². The molecule has 0 aliphatic carbocycles. The summed E-state index contributed by atoms with van der Waals surface area (Å²) in [4.78, 5) is 9.40. The summed E-state index contributed by atoms with van der Waals surface area (Å²) in [6.45, 7) is 9.12. The zero-order chi connectivity index (χ0) is 14.4. The second kappa shape index (κ2) is 6.99. The van der Waals surface area contributed by atoms with Crippen LogP contribution in [0.15, 0.2) is 6.07 Å². The Hall–Kier alpha value is -1.20. The van der Waals surface area contributed by atoms with Gasteiger partial charge in [-0.1, -0.05) is 6.92 Å². The second-order valence-corrected chi connectivity index (χ2v) is 4.99. The van der Waals surface area contributed by atoms with Crippen molar-refractivity contribution in [3.8, 4) is 0 Å². The van der Waals surface area contributed by atoms with Crippen LogP contribution >= 0.6 is 0 Å². The van der Waals surface area contributed by atoms with E-state index in [2.05, 4.69) is 24.1 Å². The molecule has 2 heterocycles. The fourth-order valence-electron chi connectivity index (χ4n) is 2.56. The standard InChI is InChI=1S/C15H25N3O2/c1-4-12-11-13(16-5-2)18-14(17-12)15(20-6-3)7-9-19-10-8-15/h11H,4-10H2,1-3H3,(H,16,17,18). The van der Waals surface area contributed by atoms with Crippen molar-refractivity contribution < 1.29 is 9.47 Å². The van der Waals surface area contributed by atoms with Crippen molar-refractivity contribution in [1.29, 1.82) is 0 Å². The topological polar surface area (TPSA) is 56.3 Å². The van der Waals surface area contributed by atoms with Crippen molar-refractivity contribution in [2.45, 2.75) is 45.6 Å². The van der Waals surface area contributed by atoms with Crippen LogP contribution in [0.1, 0.15) is 45.1 Å².